The van der Waals surface area contributed by atoms with Gasteiger partial charge >= 0.3 is 0 Å². The molecule has 1 aliphatic heterocycles. The van der Waals surface area contributed by atoms with Crippen LogP contribution in [-0.2, 0) is 6.54 Å². The van der Waals surface area contributed by atoms with Crippen molar-refractivity contribution in [2.75, 3.05) is 13.1 Å². The highest BCUT2D eigenvalue weighted by Crippen LogP contribution is 2.27. The summed E-state index contributed by atoms with van der Waals surface area (Å²) in [5, 5.41) is 5.92. The summed E-state index contributed by atoms with van der Waals surface area (Å²) in [5.41, 5.74) is 0. The van der Waals surface area contributed by atoms with Crippen molar-refractivity contribution in [1.82, 2.24) is 10.2 Å². The largest absolute Gasteiger partial charge is 0.311 e. The number of nitrogens with zero attached hydrogens (tertiary/aromatic N) is 1. The molecule has 3 unspecified atom stereocenters. The zero-order valence-corrected chi connectivity index (χ0v) is 14.6. The molecule has 0 aliphatic carbocycles. The van der Waals surface area contributed by atoms with Crippen LogP contribution >= 0.6 is 27.3 Å². The maximum atomic E-state index is 3.75. The molecule has 2 heterocycles. The molecule has 1 aliphatic rings. The van der Waals surface area contributed by atoms with E-state index in [9.17, 15) is 0 Å². The molecule has 2 rings (SSSR count). The minimum Gasteiger partial charge on any atom is -0.311 e. The van der Waals surface area contributed by atoms with Crippen LogP contribution in [0, 0.1) is 5.92 Å². The van der Waals surface area contributed by atoms with E-state index in [1.165, 1.54) is 28.7 Å². The Kier molecular flexibility index (Phi) is 5.87. The lowest BCUT2D eigenvalue weighted by Crippen LogP contribution is -2.57. The van der Waals surface area contributed by atoms with E-state index in [0.717, 1.165) is 19.0 Å². The van der Waals surface area contributed by atoms with Crippen molar-refractivity contribution in [3.63, 3.8) is 0 Å². The van der Waals surface area contributed by atoms with E-state index in [4.69, 9.17) is 0 Å². The molecule has 1 fully saturated rings. The molecule has 1 aromatic heterocycles. The summed E-state index contributed by atoms with van der Waals surface area (Å²) < 4.78 is 1.27. The summed E-state index contributed by atoms with van der Waals surface area (Å²) in [4.78, 5) is 4.13. The predicted molar refractivity (Wildman–Crippen MR) is 87.8 cm³/mol. The SMILES string of the molecule is CCC(C)C1CN(Cc2sccc2Br)C(CC)CN1. The van der Waals surface area contributed by atoms with Crippen molar-refractivity contribution in [3.05, 3.63) is 20.8 Å². The monoisotopic (exact) mass is 344 g/mol. The predicted octanol–water partition coefficient (Wildman–Crippen LogP) is 4.11. The van der Waals surface area contributed by atoms with E-state index in [1.807, 2.05) is 11.3 Å². The molecule has 0 saturated carbocycles. The minimum absolute atomic E-state index is 0.645. The van der Waals surface area contributed by atoms with Crippen LogP contribution < -0.4 is 5.32 Å². The molecule has 19 heavy (non-hydrogen) atoms. The molecule has 0 bridgehead atoms. The van der Waals surface area contributed by atoms with Crippen LogP contribution in [0.4, 0.5) is 0 Å². The van der Waals surface area contributed by atoms with Crippen molar-refractivity contribution in [3.8, 4) is 0 Å². The smallest absolute Gasteiger partial charge is 0.0343 e. The van der Waals surface area contributed by atoms with E-state index >= 15 is 0 Å². The van der Waals surface area contributed by atoms with Gasteiger partial charge in [0.25, 0.3) is 0 Å². The van der Waals surface area contributed by atoms with Gasteiger partial charge < -0.3 is 5.32 Å². The quantitative estimate of drug-likeness (QED) is 0.864. The highest BCUT2D eigenvalue weighted by atomic mass is 79.9. The molecule has 108 valence electrons. The molecule has 1 saturated heterocycles. The first-order valence-electron chi connectivity index (χ1n) is 7.35. The third-order valence-electron chi connectivity index (χ3n) is 4.40. The molecule has 0 aromatic carbocycles. The van der Waals surface area contributed by atoms with E-state index in [-0.39, 0.29) is 0 Å². The van der Waals surface area contributed by atoms with Crippen molar-refractivity contribution >= 4 is 27.3 Å². The Bertz CT molecular complexity index is 393. The van der Waals surface area contributed by atoms with Gasteiger partial charge in [-0.05, 0) is 39.7 Å². The van der Waals surface area contributed by atoms with E-state index in [0.29, 0.717) is 12.1 Å². The van der Waals surface area contributed by atoms with Gasteiger partial charge in [0.2, 0.25) is 0 Å². The molecular formula is C15H25BrN2S. The molecular weight excluding hydrogens is 320 g/mol. The maximum absolute atomic E-state index is 3.75. The van der Waals surface area contributed by atoms with Gasteiger partial charge in [0.1, 0.15) is 0 Å². The average Bonchev–Trinajstić information content (AvgIpc) is 2.83. The summed E-state index contributed by atoms with van der Waals surface area (Å²) in [5.74, 6) is 0.757. The van der Waals surface area contributed by atoms with Crippen molar-refractivity contribution in [2.45, 2.75) is 52.2 Å². The van der Waals surface area contributed by atoms with E-state index in [1.54, 1.807) is 0 Å². The van der Waals surface area contributed by atoms with Gasteiger partial charge in [-0.15, -0.1) is 11.3 Å². The topological polar surface area (TPSA) is 15.3 Å². The van der Waals surface area contributed by atoms with Crippen LogP contribution in [0.2, 0.25) is 0 Å². The fourth-order valence-corrected chi connectivity index (χ4v) is 4.27. The van der Waals surface area contributed by atoms with Crippen LogP contribution in [0.25, 0.3) is 0 Å². The first-order chi connectivity index (χ1) is 9.15. The first kappa shape index (κ1) is 15.5. The Morgan fingerprint density at radius 1 is 1.53 bits per heavy atom. The minimum atomic E-state index is 0.645. The molecule has 2 nitrogen and oxygen atoms in total. The fourth-order valence-electron chi connectivity index (χ4n) is 2.77. The number of nitrogens with one attached hydrogen (secondary N) is 1. The zero-order valence-electron chi connectivity index (χ0n) is 12.2. The third kappa shape index (κ3) is 3.81. The second-order valence-electron chi connectivity index (χ2n) is 5.58. The van der Waals surface area contributed by atoms with Gasteiger partial charge in [0, 0.05) is 41.1 Å². The van der Waals surface area contributed by atoms with Gasteiger partial charge in [-0.3, -0.25) is 4.90 Å². The van der Waals surface area contributed by atoms with Crippen LogP contribution in [0.1, 0.15) is 38.5 Å². The fraction of sp³-hybridized carbons (Fsp3) is 0.733. The van der Waals surface area contributed by atoms with E-state index < -0.39 is 0 Å². The normalized spacial score (nSPS) is 26.5. The summed E-state index contributed by atoms with van der Waals surface area (Å²) in [6.07, 6.45) is 2.48. The Labute approximate surface area is 129 Å². The maximum Gasteiger partial charge on any atom is 0.0343 e. The van der Waals surface area contributed by atoms with Crippen molar-refractivity contribution in [1.29, 1.82) is 0 Å². The molecule has 0 spiro atoms. The standard InChI is InChI=1S/C15H25BrN2S/c1-4-11(3)14-9-18(12(5-2)8-17-14)10-15-13(16)6-7-19-15/h6-7,11-12,14,17H,4-5,8-10H2,1-3H3. The summed E-state index contributed by atoms with van der Waals surface area (Å²) in [6.45, 7) is 10.4. The van der Waals surface area contributed by atoms with Crippen LogP contribution in [0.15, 0.2) is 15.9 Å². The third-order valence-corrected chi connectivity index (χ3v) is 6.31. The number of halogens is 1. The van der Waals surface area contributed by atoms with Gasteiger partial charge in [-0.1, -0.05) is 27.2 Å². The highest BCUT2D eigenvalue weighted by molar-refractivity contribution is 9.10. The van der Waals surface area contributed by atoms with Gasteiger partial charge in [0.15, 0.2) is 0 Å². The van der Waals surface area contributed by atoms with Crippen LogP contribution in [0.3, 0.4) is 0 Å². The number of thiophene rings is 1. The lowest BCUT2D eigenvalue weighted by Gasteiger charge is -2.42. The molecule has 1 N–H and O–H groups in total. The second kappa shape index (κ2) is 7.21. The van der Waals surface area contributed by atoms with Crippen LogP contribution in [0.5, 0.6) is 0 Å². The second-order valence-corrected chi connectivity index (χ2v) is 7.44. The Hall–Kier alpha value is 0.1000. The van der Waals surface area contributed by atoms with Gasteiger partial charge in [0.05, 0.1) is 0 Å². The van der Waals surface area contributed by atoms with Crippen molar-refractivity contribution in [2.24, 2.45) is 5.92 Å². The number of hydrogen-bond donors (Lipinski definition) is 1. The molecule has 1 aromatic rings. The van der Waals surface area contributed by atoms with Gasteiger partial charge in [-0.2, -0.15) is 0 Å². The Balaban J connectivity index is 2.03. The molecule has 0 amide bonds. The Morgan fingerprint density at radius 2 is 2.32 bits per heavy atom. The van der Waals surface area contributed by atoms with Gasteiger partial charge in [-0.25, -0.2) is 0 Å². The number of hydrogen-bond acceptors (Lipinski definition) is 3. The summed E-state index contributed by atoms with van der Waals surface area (Å²) in [7, 11) is 0. The lowest BCUT2D eigenvalue weighted by atomic mass is 9.95. The summed E-state index contributed by atoms with van der Waals surface area (Å²) >= 11 is 5.52. The average molecular weight is 345 g/mol. The molecule has 3 atom stereocenters. The highest BCUT2D eigenvalue weighted by Gasteiger charge is 2.29. The summed E-state index contributed by atoms with van der Waals surface area (Å²) in [6, 6.07) is 3.48. The molecule has 4 heteroatoms. The Morgan fingerprint density at radius 3 is 2.89 bits per heavy atom. The number of rotatable bonds is 5. The van der Waals surface area contributed by atoms with E-state index in [2.05, 4.69) is 58.4 Å². The lowest BCUT2D eigenvalue weighted by molar-refractivity contribution is 0.100. The molecule has 0 radical (unpaired) electrons. The zero-order chi connectivity index (χ0) is 13.8. The first-order valence-corrected chi connectivity index (χ1v) is 9.02. The van der Waals surface area contributed by atoms with Crippen LogP contribution in [-0.4, -0.2) is 30.1 Å². The number of piperazine rings is 1. The van der Waals surface area contributed by atoms with Crippen molar-refractivity contribution < 1.29 is 0 Å².